The third kappa shape index (κ3) is 5.08. The lowest BCUT2D eigenvalue weighted by Crippen LogP contribution is -2.30. The van der Waals surface area contributed by atoms with Crippen molar-refractivity contribution in [2.24, 2.45) is 5.92 Å². The van der Waals surface area contributed by atoms with Crippen LogP contribution in [0.15, 0.2) is 54.6 Å². The van der Waals surface area contributed by atoms with E-state index in [0.29, 0.717) is 0 Å². The minimum Gasteiger partial charge on any atom is -0.468 e. The predicted molar refractivity (Wildman–Crippen MR) is 96.1 cm³/mol. The van der Waals surface area contributed by atoms with Gasteiger partial charge in [0.1, 0.15) is 0 Å². The molecule has 1 unspecified atom stereocenters. The Kier molecular flexibility index (Phi) is 6.57. The summed E-state index contributed by atoms with van der Waals surface area (Å²) in [6.45, 7) is 2.02. The number of methoxy groups -OCH3 is 2. The zero-order valence-corrected chi connectivity index (χ0v) is 14.7. The highest BCUT2D eigenvalue weighted by molar-refractivity contribution is 5.94. The summed E-state index contributed by atoms with van der Waals surface area (Å²) in [6, 6.07) is 17.4. The van der Waals surface area contributed by atoms with Crippen molar-refractivity contribution in [3.8, 4) is 0 Å². The first-order chi connectivity index (χ1) is 12.0. The van der Waals surface area contributed by atoms with Crippen LogP contribution in [0.1, 0.15) is 23.6 Å². The molecule has 5 nitrogen and oxygen atoms in total. The molecule has 0 saturated heterocycles. The van der Waals surface area contributed by atoms with Crippen LogP contribution in [0.25, 0.3) is 0 Å². The van der Waals surface area contributed by atoms with Crippen LogP contribution in [0, 0.1) is 12.8 Å². The SMILES string of the molecule is COC(=O)C(CC(Nc1ccc(C)cc1)c1ccccc1)C(=O)OC. The Morgan fingerprint density at radius 1 is 0.920 bits per heavy atom. The van der Waals surface area contributed by atoms with Gasteiger partial charge in [0.25, 0.3) is 0 Å². The second-order valence-electron chi connectivity index (χ2n) is 5.81. The van der Waals surface area contributed by atoms with Crippen molar-refractivity contribution in [2.75, 3.05) is 19.5 Å². The number of rotatable bonds is 7. The van der Waals surface area contributed by atoms with E-state index in [2.05, 4.69) is 5.32 Å². The summed E-state index contributed by atoms with van der Waals surface area (Å²) in [5.74, 6) is -2.19. The van der Waals surface area contributed by atoms with Crippen LogP contribution in [0.3, 0.4) is 0 Å². The smallest absolute Gasteiger partial charge is 0.320 e. The van der Waals surface area contributed by atoms with Crippen molar-refractivity contribution in [1.29, 1.82) is 0 Å². The second-order valence-corrected chi connectivity index (χ2v) is 5.81. The van der Waals surface area contributed by atoms with E-state index in [1.807, 2.05) is 61.5 Å². The average Bonchev–Trinajstić information content (AvgIpc) is 2.66. The third-order valence-corrected chi connectivity index (χ3v) is 4.04. The quantitative estimate of drug-likeness (QED) is 0.617. The summed E-state index contributed by atoms with van der Waals surface area (Å²) >= 11 is 0. The van der Waals surface area contributed by atoms with Crippen LogP contribution < -0.4 is 5.32 Å². The van der Waals surface area contributed by atoms with Crippen LogP contribution >= 0.6 is 0 Å². The van der Waals surface area contributed by atoms with Crippen LogP contribution in [-0.2, 0) is 19.1 Å². The van der Waals surface area contributed by atoms with Gasteiger partial charge in [0, 0.05) is 5.69 Å². The molecule has 0 amide bonds. The van der Waals surface area contributed by atoms with E-state index < -0.39 is 17.9 Å². The van der Waals surface area contributed by atoms with Crippen LogP contribution in [0.2, 0.25) is 0 Å². The molecule has 0 fully saturated rings. The lowest BCUT2D eigenvalue weighted by molar-refractivity contribution is -0.159. The maximum atomic E-state index is 12.0. The molecule has 0 aliphatic rings. The zero-order valence-electron chi connectivity index (χ0n) is 14.7. The van der Waals surface area contributed by atoms with Crippen molar-refractivity contribution in [3.63, 3.8) is 0 Å². The molecule has 1 atom stereocenters. The molecule has 0 bridgehead atoms. The van der Waals surface area contributed by atoms with Gasteiger partial charge in [-0.25, -0.2) is 0 Å². The fourth-order valence-corrected chi connectivity index (χ4v) is 2.62. The van der Waals surface area contributed by atoms with Crippen molar-refractivity contribution >= 4 is 17.6 Å². The molecule has 0 aliphatic carbocycles. The largest absolute Gasteiger partial charge is 0.468 e. The molecule has 2 aromatic rings. The van der Waals surface area contributed by atoms with E-state index in [1.165, 1.54) is 14.2 Å². The Bertz CT molecular complexity index is 681. The van der Waals surface area contributed by atoms with Crippen molar-refractivity contribution < 1.29 is 19.1 Å². The molecule has 0 spiro atoms. The van der Waals surface area contributed by atoms with E-state index in [4.69, 9.17) is 9.47 Å². The number of benzene rings is 2. The number of nitrogens with one attached hydrogen (secondary N) is 1. The van der Waals surface area contributed by atoms with Gasteiger partial charge in [-0.3, -0.25) is 9.59 Å². The number of aryl methyl sites for hydroxylation is 1. The van der Waals surface area contributed by atoms with Gasteiger partial charge < -0.3 is 14.8 Å². The third-order valence-electron chi connectivity index (χ3n) is 4.04. The topological polar surface area (TPSA) is 64.6 Å². The van der Waals surface area contributed by atoms with Gasteiger partial charge in [-0.2, -0.15) is 0 Å². The molecular weight excluding hydrogens is 318 g/mol. The molecule has 0 saturated carbocycles. The average molecular weight is 341 g/mol. The summed E-state index contributed by atoms with van der Waals surface area (Å²) < 4.78 is 9.54. The number of hydrogen-bond donors (Lipinski definition) is 1. The lowest BCUT2D eigenvalue weighted by atomic mass is 9.94. The molecular formula is C20H23NO4. The Balaban J connectivity index is 2.28. The molecule has 1 N–H and O–H groups in total. The van der Waals surface area contributed by atoms with E-state index >= 15 is 0 Å². The molecule has 2 rings (SSSR count). The number of ether oxygens (including phenoxy) is 2. The molecule has 5 heteroatoms. The first-order valence-corrected chi connectivity index (χ1v) is 8.09. The number of hydrogen-bond acceptors (Lipinski definition) is 5. The minimum atomic E-state index is -0.988. The van der Waals surface area contributed by atoms with Gasteiger partial charge in [0.05, 0.1) is 20.3 Å². The fraction of sp³-hybridized carbons (Fsp3) is 0.300. The van der Waals surface area contributed by atoms with Gasteiger partial charge in [-0.1, -0.05) is 48.0 Å². The monoisotopic (exact) mass is 341 g/mol. The molecule has 0 heterocycles. The van der Waals surface area contributed by atoms with Gasteiger partial charge in [-0.05, 0) is 31.0 Å². The normalized spacial score (nSPS) is 11.7. The van der Waals surface area contributed by atoms with Gasteiger partial charge >= 0.3 is 11.9 Å². The number of anilines is 1. The molecule has 2 aromatic carbocycles. The highest BCUT2D eigenvalue weighted by Crippen LogP contribution is 2.27. The van der Waals surface area contributed by atoms with Crippen LogP contribution in [0.5, 0.6) is 0 Å². The van der Waals surface area contributed by atoms with E-state index in [0.717, 1.165) is 16.8 Å². The van der Waals surface area contributed by atoms with Crippen LogP contribution in [0.4, 0.5) is 5.69 Å². The molecule has 132 valence electrons. The maximum absolute atomic E-state index is 12.0. The first-order valence-electron chi connectivity index (χ1n) is 8.09. The van der Waals surface area contributed by atoms with Gasteiger partial charge in [0.15, 0.2) is 5.92 Å². The maximum Gasteiger partial charge on any atom is 0.320 e. The van der Waals surface area contributed by atoms with Crippen LogP contribution in [-0.4, -0.2) is 26.2 Å². The number of carbonyl (C=O) groups is 2. The zero-order chi connectivity index (χ0) is 18.2. The van der Waals surface area contributed by atoms with Crippen molar-refractivity contribution in [1.82, 2.24) is 0 Å². The lowest BCUT2D eigenvalue weighted by Gasteiger charge is -2.23. The number of carbonyl (C=O) groups excluding carboxylic acids is 2. The fourth-order valence-electron chi connectivity index (χ4n) is 2.62. The summed E-state index contributed by atoms with van der Waals surface area (Å²) in [6.07, 6.45) is 0.233. The Labute approximate surface area is 148 Å². The Morgan fingerprint density at radius 2 is 1.48 bits per heavy atom. The molecule has 0 radical (unpaired) electrons. The summed E-state index contributed by atoms with van der Waals surface area (Å²) in [5, 5.41) is 3.40. The minimum absolute atomic E-state index is 0.233. The molecule has 25 heavy (non-hydrogen) atoms. The van der Waals surface area contributed by atoms with E-state index in [-0.39, 0.29) is 12.5 Å². The first kappa shape index (κ1) is 18.5. The standard InChI is InChI=1S/C20H23NO4/c1-14-9-11-16(12-10-14)21-18(15-7-5-4-6-8-15)13-17(19(22)24-2)20(23)25-3/h4-12,17-18,21H,13H2,1-3H3. The summed E-state index contributed by atoms with van der Waals surface area (Å²) in [5.41, 5.74) is 3.04. The Morgan fingerprint density at radius 3 is 2.00 bits per heavy atom. The summed E-state index contributed by atoms with van der Waals surface area (Å²) in [4.78, 5) is 24.1. The van der Waals surface area contributed by atoms with Crippen molar-refractivity contribution in [2.45, 2.75) is 19.4 Å². The Hall–Kier alpha value is -2.82. The van der Waals surface area contributed by atoms with Crippen molar-refractivity contribution in [3.05, 3.63) is 65.7 Å². The number of esters is 2. The van der Waals surface area contributed by atoms with Gasteiger partial charge in [-0.15, -0.1) is 0 Å². The molecule has 0 aliphatic heterocycles. The second kappa shape index (κ2) is 8.87. The van der Waals surface area contributed by atoms with E-state index in [1.54, 1.807) is 0 Å². The van der Waals surface area contributed by atoms with E-state index in [9.17, 15) is 9.59 Å². The molecule has 0 aromatic heterocycles. The highest BCUT2D eigenvalue weighted by atomic mass is 16.5. The summed E-state index contributed by atoms with van der Waals surface area (Å²) in [7, 11) is 2.53. The predicted octanol–water partition coefficient (Wildman–Crippen LogP) is 3.50. The highest BCUT2D eigenvalue weighted by Gasteiger charge is 2.32. The van der Waals surface area contributed by atoms with Gasteiger partial charge in [0.2, 0.25) is 0 Å².